The van der Waals surface area contributed by atoms with Crippen molar-refractivity contribution in [3.05, 3.63) is 34.9 Å². The zero-order valence-corrected chi connectivity index (χ0v) is 14.0. The van der Waals surface area contributed by atoms with Crippen LogP contribution in [0, 0.1) is 0 Å². The molecule has 0 amide bonds. The minimum absolute atomic E-state index is 0.00725. The molecule has 1 N–H and O–H groups in total. The summed E-state index contributed by atoms with van der Waals surface area (Å²) in [6.45, 7) is 4.23. The van der Waals surface area contributed by atoms with Gasteiger partial charge in [-0.05, 0) is 44.0 Å². The molecule has 1 saturated heterocycles. The second kappa shape index (κ2) is 7.58. The fourth-order valence-corrected chi connectivity index (χ4v) is 4.14. The molecule has 0 spiro atoms. The quantitative estimate of drug-likeness (QED) is 0.836. The van der Waals surface area contributed by atoms with E-state index >= 15 is 0 Å². The molecule has 21 heavy (non-hydrogen) atoms. The molecule has 1 aliphatic heterocycles. The minimum Gasteiger partial charge on any atom is -0.295 e. The highest BCUT2D eigenvalue weighted by atomic mass is 35.5. The van der Waals surface area contributed by atoms with Crippen LogP contribution in [-0.4, -0.2) is 38.7 Å². The standard InChI is InChI=1S/C15H23ClN2O2S/c1-2-11-21(19,20)17-12-15(18-9-5-6-10-18)13-7-3-4-8-14(13)16/h3-4,7-8,15,17H,2,5-6,9-12H2,1H3/t15-/m0/s1. The van der Waals surface area contributed by atoms with Gasteiger partial charge in [-0.15, -0.1) is 0 Å². The summed E-state index contributed by atoms with van der Waals surface area (Å²) in [4.78, 5) is 2.32. The second-order valence-electron chi connectivity index (χ2n) is 5.45. The van der Waals surface area contributed by atoms with E-state index in [1.54, 1.807) is 0 Å². The highest BCUT2D eigenvalue weighted by Crippen LogP contribution is 2.29. The Morgan fingerprint density at radius 3 is 2.57 bits per heavy atom. The molecule has 4 nitrogen and oxygen atoms in total. The number of halogens is 1. The lowest BCUT2D eigenvalue weighted by molar-refractivity contribution is 0.246. The van der Waals surface area contributed by atoms with E-state index in [-0.39, 0.29) is 11.8 Å². The van der Waals surface area contributed by atoms with Crippen LogP contribution in [0.3, 0.4) is 0 Å². The van der Waals surface area contributed by atoms with E-state index in [1.165, 1.54) is 0 Å². The molecule has 1 atom stereocenters. The Hall–Kier alpha value is -0.620. The van der Waals surface area contributed by atoms with Crippen LogP contribution in [0.1, 0.15) is 37.8 Å². The third kappa shape index (κ3) is 4.68. The maximum Gasteiger partial charge on any atom is 0.211 e. The smallest absolute Gasteiger partial charge is 0.211 e. The predicted octanol–water partition coefficient (Wildman–Crippen LogP) is 2.81. The van der Waals surface area contributed by atoms with E-state index in [0.717, 1.165) is 31.5 Å². The van der Waals surface area contributed by atoms with E-state index in [2.05, 4.69) is 9.62 Å². The molecule has 0 aliphatic carbocycles. The SMILES string of the molecule is CCCS(=O)(=O)NC[C@@H](c1ccccc1Cl)N1CCCC1. The van der Waals surface area contributed by atoms with Crippen molar-refractivity contribution in [1.29, 1.82) is 0 Å². The van der Waals surface area contributed by atoms with Gasteiger partial charge in [0, 0.05) is 17.6 Å². The average Bonchev–Trinajstić information content (AvgIpc) is 2.95. The summed E-state index contributed by atoms with van der Waals surface area (Å²) in [7, 11) is -3.20. The molecule has 2 rings (SSSR count). The van der Waals surface area contributed by atoms with Gasteiger partial charge in [0.15, 0.2) is 0 Å². The van der Waals surface area contributed by atoms with Crippen molar-refractivity contribution < 1.29 is 8.42 Å². The van der Waals surface area contributed by atoms with E-state index in [4.69, 9.17) is 11.6 Å². The number of nitrogens with one attached hydrogen (secondary N) is 1. The molecule has 0 unspecified atom stereocenters. The van der Waals surface area contributed by atoms with Gasteiger partial charge in [0.1, 0.15) is 0 Å². The Morgan fingerprint density at radius 2 is 1.95 bits per heavy atom. The molecule has 6 heteroatoms. The first-order valence-corrected chi connectivity index (χ1v) is 9.52. The molecule has 1 aliphatic rings. The third-order valence-electron chi connectivity index (χ3n) is 3.82. The largest absolute Gasteiger partial charge is 0.295 e. The Morgan fingerprint density at radius 1 is 1.29 bits per heavy atom. The monoisotopic (exact) mass is 330 g/mol. The first kappa shape index (κ1) is 16.7. The van der Waals surface area contributed by atoms with Gasteiger partial charge in [-0.3, -0.25) is 4.90 Å². The highest BCUT2D eigenvalue weighted by molar-refractivity contribution is 7.89. The van der Waals surface area contributed by atoms with E-state index < -0.39 is 10.0 Å². The third-order valence-corrected chi connectivity index (χ3v) is 5.71. The fourth-order valence-electron chi connectivity index (χ4n) is 2.78. The Bertz CT molecular complexity index is 557. The molecule has 1 fully saturated rings. The van der Waals surface area contributed by atoms with Gasteiger partial charge in [0.05, 0.1) is 5.75 Å². The number of benzene rings is 1. The molecular formula is C15H23ClN2O2S. The first-order chi connectivity index (χ1) is 10.0. The Balaban J connectivity index is 2.15. The lowest BCUT2D eigenvalue weighted by Gasteiger charge is -2.28. The highest BCUT2D eigenvalue weighted by Gasteiger charge is 2.26. The van der Waals surface area contributed by atoms with E-state index in [9.17, 15) is 8.42 Å². The van der Waals surface area contributed by atoms with Crippen LogP contribution in [0.15, 0.2) is 24.3 Å². The van der Waals surface area contributed by atoms with Crippen LogP contribution < -0.4 is 4.72 Å². The van der Waals surface area contributed by atoms with Crippen molar-refractivity contribution in [2.45, 2.75) is 32.2 Å². The number of hydrogen-bond acceptors (Lipinski definition) is 3. The van der Waals surface area contributed by atoms with Gasteiger partial charge in [-0.1, -0.05) is 36.7 Å². The van der Waals surface area contributed by atoms with Gasteiger partial charge < -0.3 is 0 Å². The van der Waals surface area contributed by atoms with Crippen molar-refractivity contribution in [2.24, 2.45) is 0 Å². The number of rotatable bonds is 7. The van der Waals surface area contributed by atoms with Gasteiger partial charge >= 0.3 is 0 Å². The normalized spacial score (nSPS) is 18.0. The summed E-state index contributed by atoms with van der Waals surface area (Å²) in [5.41, 5.74) is 1.00. The number of sulfonamides is 1. The van der Waals surface area contributed by atoms with Crippen LogP contribution in [0.4, 0.5) is 0 Å². The van der Waals surface area contributed by atoms with Gasteiger partial charge in [-0.25, -0.2) is 13.1 Å². The summed E-state index contributed by atoms with van der Waals surface area (Å²) in [6.07, 6.45) is 2.93. The molecule has 1 heterocycles. The van der Waals surface area contributed by atoms with Crippen LogP contribution >= 0.6 is 11.6 Å². The fraction of sp³-hybridized carbons (Fsp3) is 0.600. The molecule has 1 aromatic rings. The lowest BCUT2D eigenvalue weighted by Crippen LogP contribution is -2.37. The number of likely N-dealkylation sites (tertiary alicyclic amines) is 1. The molecule has 0 saturated carbocycles. The summed E-state index contributed by atoms with van der Waals surface area (Å²) in [5.74, 6) is 0.169. The van der Waals surface area contributed by atoms with Crippen molar-refractivity contribution in [1.82, 2.24) is 9.62 Å². The van der Waals surface area contributed by atoms with Gasteiger partial charge in [0.25, 0.3) is 0 Å². The summed E-state index contributed by atoms with van der Waals surface area (Å²) < 4.78 is 26.5. The Kier molecular flexibility index (Phi) is 6.05. The molecule has 0 radical (unpaired) electrons. The van der Waals surface area contributed by atoms with Crippen molar-refractivity contribution in [3.63, 3.8) is 0 Å². The van der Waals surface area contributed by atoms with Crippen LogP contribution in [0.2, 0.25) is 5.02 Å². The topological polar surface area (TPSA) is 49.4 Å². The van der Waals surface area contributed by atoms with E-state index in [1.807, 2.05) is 31.2 Å². The van der Waals surface area contributed by atoms with Crippen LogP contribution in [0.5, 0.6) is 0 Å². The predicted molar refractivity (Wildman–Crippen MR) is 87.1 cm³/mol. The van der Waals surface area contributed by atoms with Crippen molar-refractivity contribution in [3.8, 4) is 0 Å². The Labute approximate surface area is 132 Å². The minimum atomic E-state index is -3.20. The van der Waals surface area contributed by atoms with Crippen LogP contribution in [-0.2, 0) is 10.0 Å². The first-order valence-electron chi connectivity index (χ1n) is 7.49. The molecule has 1 aromatic carbocycles. The number of hydrogen-bond donors (Lipinski definition) is 1. The molecule has 0 bridgehead atoms. The average molecular weight is 331 g/mol. The maximum absolute atomic E-state index is 11.9. The van der Waals surface area contributed by atoms with Crippen molar-refractivity contribution >= 4 is 21.6 Å². The van der Waals surface area contributed by atoms with Gasteiger partial charge in [0.2, 0.25) is 10.0 Å². The van der Waals surface area contributed by atoms with Crippen molar-refractivity contribution in [2.75, 3.05) is 25.4 Å². The van der Waals surface area contributed by atoms with Gasteiger partial charge in [-0.2, -0.15) is 0 Å². The lowest BCUT2D eigenvalue weighted by atomic mass is 10.1. The zero-order valence-electron chi connectivity index (χ0n) is 12.4. The maximum atomic E-state index is 11.9. The summed E-state index contributed by atoms with van der Waals surface area (Å²) in [6, 6.07) is 7.70. The summed E-state index contributed by atoms with van der Waals surface area (Å²) in [5, 5.41) is 0.698. The molecule has 118 valence electrons. The number of nitrogens with zero attached hydrogens (tertiary/aromatic N) is 1. The molecular weight excluding hydrogens is 308 g/mol. The summed E-state index contributed by atoms with van der Waals surface area (Å²) >= 11 is 6.30. The van der Waals surface area contributed by atoms with Crippen LogP contribution in [0.25, 0.3) is 0 Å². The molecule has 0 aromatic heterocycles. The zero-order chi connectivity index (χ0) is 15.3. The van der Waals surface area contributed by atoms with E-state index in [0.29, 0.717) is 18.0 Å². The second-order valence-corrected chi connectivity index (χ2v) is 7.78.